The normalized spacial score (nSPS) is 11.2. The van der Waals surface area contributed by atoms with Crippen molar-refractivity contribution in [2.24, 2.45) is 0 Å². The molecule has 0 fully saturated rings. The molecule has 0 amide bonds. The Kier molecular flexibility index (Phi) is 4.21. The number of hydrogen-bond acceptors (Lipinski definition) is 4. The van der Waals surface area contributed by atoms with Crippen LogP contribution in [0, 0.1) is 10.1 Å². The Morgan fingerprint density at radius 2 is 1.81 bits per heavy atom. The Hall–Kier alpha value is -2.43. The van der Waals surface area contributed by atoms with Crippen molar-refractivity contribution in [3.8, 4) is 0 Å². The first kappa shape index (κ1) is 15.0. The predicted octanol–water partition coefficient (Wildman–Crippen LogP) is 3.90. The van der Waals surface area contributed by atoms with Crippen molar-refractivity contribution in [1.82, 2.24) is 4.98 Å². The van der Waals surface area contributed by atoms with E-state index in [1.165, 1.54) is 17.7 Å². The van der Waals surface area contributed by atoms with Gasteiger partial charge < -0.3 is 5.32 Å². The first-order valence-corrected chi connectivity index (χ1v) is 6.80. The van der Waals surface area contributed by atoms with Crippen LogP contribution >= 0.6 is 0 Å². The highest BCUT2D eigenvalue weighted by atomic mass is 16.6. The van der Waals surface area contributed by atoms with Gasteiger partial charge in [-0.05, 0) is 22.6 Å². The zero-order chi connectivity index (χ0) is 15.5. The molecule has 0 spiro atoms. The van der Waals surface area contributed by atoms with E-state index < -0.39 is 4.92 Å². The zero-order valence-electron chi connectivity index (χ0n) is 12.5. The van der Waals surface area contributed by atoms with Crippen molar-refractivity contribution in [1.29, 1.82) is 0 Å². The van der Waals surface area contributed by atoms with Gasteiger partial charge >= 0.3 is 0 Å². The first-order valence-electron chi connectivity index (χ1n) is 6.80. The molecule has 5 nitrogen and oxygen atoms in total. The average molecular weight is 285 g/mol. The van der Waals surface area contributed by atoms with Crippen LogP contribution in [0.1, 0.15) is 31.9 Å². The maximum absolute atomic E-state index is 10.6. The maximum atomic E-state index is 10.6. The lowest BCUT2D eigenvalue weighted by atomic mass is 9.88. The summed E-state index contributed by atoms with van der Waals surface area (Å²) in [6.45, 7) is 7.02. The first-order chi connectivity index (χ1) is 9.86. The van der Waals surface area contributed by atoms with Crippen molar-refractivity contribution in [2.75, 3.05) is 5.32 Å². The summed E-state index contributed by atoms with van der Waals surface area (Å²) < 4.78 is 0. The zero-order valence-corrected chi connectivity index (χ0v) is 12.5. The molecule has 0 bridgehead atoms. The van der Waals surface area contributed by atoms with E-state index in [9.17, 15) is 10.1 Å². The Morgan fingerprint density at radius 1 is 1.14 bits per heavy atom. The third-order valence-electron chi connectivity index (χ3n) is 3.25. The minimum atomic E-state index is -0.399. The fourth-order valence-electron chi connectivity index (χ4n) is 1.87. The lowest BCUT2D eigenvalue weighted by molar-refractivity contribution is -0.384. The molecule has 110 valence electrons. The number of nitro groups is 1. The Morgan fingerprint density at radius 3 is 2.29 bits per heavy atom. The summed E-state index contributed by atoms with van der Waals surface area (Å²) in [5.41, 5.74) is 2.35. The number of aromatic nitrogens is 1. The standard InChI is InChI=1S/C16H19N3O2/c1-16(2,3)13-6-9-15(18-11-13)17-10-12-4-7-14(8-5-12)19(20)21/h4-9,11H,10H2,1-3H3,(H,17,18). The molecule has 0 aliphatic carbocycles. The van der Waals surface area contributed by atoms with Crippen LogP contribution < -0.4 is 5.32 Å². The van der Waals surface area contributed by atoms with E-state index in [1.54, 1.807) is 12.1 Å². The van der Waals surface area contributed by atoms with Crippen molar-refractivity contribution in [3.05, 3.63) is 63.8 Å². The second kappa shape index (κ2) is 5.91. The summed E-state index contributed by atoms with van der Waals surface area (Å²) in [6.07, 6.45) is 1.87. The summed E-state index contributed by atoms with van der Waals surface area (Å²) in [6, 6.07) is 10.5. The minimum absolute atomic E-state index is 0.0872. The second-order valence-electron chi connectivity index (χ2n) is 5.96. The highest BCUT2D eigenvalue weighted by Crippen LogP contribution is 2.22. The van der Waals surface area contributed by atoms with Gasteiger partial charge in [-0.2, -0.15) is 0 Å². The van der Waals surface area contributed by atoms with Crippen molar-refractivity contribution in [2.45, 2.75) is 32.7 Å². The summed E-state index contributed by atoms with van der Waals surface area (Å²) in [5.74, 6) is 0.793. The van der Waals surface area contributed by atoms with E-state index in [2.05, 4.69) is 37.1 Å². The monoisotopic (exact) mass is 285 g/mol. The molecule has 1 aromatic carbocycles. The van der Waals surface area contributed by atoms with E-state index in [0.717, 1.165) is 11.4 Å². The Labute approximate surface area is 124 Å². The molecule has 1 aromatic heterocycles. The van der Waals surface area contributed by atoms with E-state index in [1.807, 2.05) is 12.3 Å². The predicted molar refractivity (Wildman–Crippen MR) is 83.4 cm³/mol. The van der Waals surface area contributed by atoms with Crippen LogP contribution in [0.25, 0.3) is 0 Å². The Balaban J connectivity index is 1.98. The van der Waals surface area contributed by atoms with Crippen LogP contribution in [0.2, 0.25) is 0 Å². The lowest BCUT2D eigenvalue weighted by Gasteiger charge is -2.18. The van der Waals surface area contributed by atoms with Crippen LogP contribution in [0.3, 0.4) is 0 Å². The fraction of sp³-hybridized carbons (Fsp3) is 0.312. The highest BCUT2D eigenvalue weighted by Gasteiger charge is 2.13. The van der Waals surface area contributed by atoms with Crippen LogP contribution in [0.15, 0.2) is 42.6 Å². The molecule has 0 saturated carbocycles. The van der Waals surface area contributed by atoms with Gasteiger partial charge in [-0.25, -0.2) is 4.98 Å². The molecule has 0 unspecified atom stereocenters. The highest BCUT2D eigenvalue weighted by molar-refractivity contribution is 5.39. The molecule has 2 rings (SSSR count). The molecule has 21 heavy (non-hydrogen) atoms. The van der Waals surface area contributed by atoms with Gasteiger partial charge in [-0.3, -0.25) is 10.1 Å². The summed E-state index contributed by atoms with van der Waals surface area (Å²) in [7, 11) is 0. The average Bonchev–Trinajstić information content (AvgIpc) is 2.45. The van der Waals surface area contributed by atoms with Gasteiger partial charge in [-0.15, -0.1) is 0 Å². The fourth-order valence-corrected chi connectivity index (χ4v) is 1.87. The molecule has 0 saturated heterocycles. The van der Waals surface area contributed by atoms with Gasteiger partial charge in [0.25, 0.3) is 5.69 Å². The van der Waals surface area contributed by atoms with Crippen LogP contribution in [0.4, 0.5) is 11.5 Å². The number of benzene rings is 1. The van der Waals surface area contributed by atoms with Gasteiger partial charge in [0.05, 0.1) is 4.92 Å². The number of nitrogens with zero attached hydrogens (tertiary/aromatic N) is 2. The number of hydrogen-bond donors (Lipinski definition) is 1. The van der Waals surface area contributed by atoms with Crippen LogP contribution in [0.5, 0.6) is 0 Å². The van der Waals surface area contributed by atoms with E-state index >= 15 is 0 Å². The molecular formula is C16H19N3O2. The lowest BCUT2D eigenvalue weighted by Crippen LogP contribution is -2.11. The molecular weight excluding hydrogens is 266 g/mol. The van der Waals surface area contributed by atoms with Gasteiger partial charge in [0, 0.05) is 24.9 Å². The third-order valence-corrected chi connectivity index (χ3v) is 3.25. The van der Waals surface area contributed by atoms with Crippen molar-refractivity contribution >= 4 is 11.5 Å². The van der Waals surface area contributed by atoms with Gasteiger partial charge in [0.1, 0.15) is 5.82 Å². The van der Waals surface area contributed by atoms with Gasteiger partial charge in [0.15, 0.2) is 0 Å². The second-order valence-corrected chi connectivity index (χ2v) is 5.96. The van der Waals surface area contributed by atoms with E-state index in [4.69, 9.17) is 0 Å². The summed E-state index contributed by atoms with van der Waals surface area (Å²) in [4.78, 5) is 14.6. The number of rotatable bonds is 4. The molecule has 5 heteroatoms. The molecule has 0 aliphatic rings. The topological polar surface area (TPSA) is 68.1 Å². The number of nitrogens with one attached hydrogen (secondary N) is 1. The Bertz CT molecular complexity index is 613. The van der Waals surface area contributed by atoms with Crippen molar-refractivity contribution < 1.29 is 4.92 Å². The number of pyridine rings is 1. The quantitative estimate of drug-likeness (QED) is 0.683. The molecule has 0 atom stereocenters. The largest absolute Gasteiger partial charge is 0.366 e. The molecule has 1 heterocycles. The van der Waals surface area contributed by atoms with Gasteiger partial charge in [0.2, 0.25) is 0 Å². The van der Waals surface area contributed by atoms with Crippen LogP contribution in [-0.4, -0.2) is 9.91 Å². The van der Waals surface area contributed by atoms with E-state index in [-0.39, 0.29) is 11.1 Å². The number of anilines is 1. The molecule has 1 N–H and O–H groups in total. The summed E-state index contributed by atoms with van der Waals surface area (Å²) in [5, 5.41) is 13.8. The van der Waals surface area contributed by atoms with Gasteiger partial charge in [-0.1, -0.05) is 39.0 Å². The maximum Gasteiger partial charge on any atom is 0.269 e. The minimum Gasteiger partial charge on any atom is -0.366 e. The molecule has 2 aromatic rings. The molecule has 0 aliphatic heterocycles. The van der Waals surface area contributed by atoms with Crippen LogP contribution in [-0.2, 0) is 12.0 Å². The SMILES string of the molecule is CC(C)(C)c1ccc(NCc2ccc([N+](=O)[O-])cc2)nc1. The molecule has 0 radical (unpaired) electrons. The van der Waals surface area contributed by atoms with E-state index in [0.29, 0.717) is 6.54 Å². The summed E-state index contributed by atoms with van der Waals surface area (Å²) >= 11 is 0. The smallest absolute Gasteiger partial charge is 0.269 e. The van der Waals surface area contributed by atoms with Crippen molar-refractivity contribution in [3.63, 3.8) is 0 Å². The number of non-ortho nitro benzene ring substituents is 1. The third kappa shape index (κ3) is 4.02. The number of nitro benzene ring substituents is 1.